The zero-order chi connectivity index (χ0) is 14.7. The highest BCUT2D eigenvalue weighted by atomic mass is 79.9. The third-order valence-electron chi connectivity index (χ3n) is 3.43. The lowest BCUT2D eigenvalue weighted by atomic mass is 10.1. The van der Waals surface area contributed by atoms with Crippen molar-refractivity contribution in [1.82, 2.24) is 4.90 Å². The molecule has 1 heterocycles. The highest BCUT2D eigenvalue weighted by molar-refractivity contribution is 9.10. The minimum absolute atomic E-state index is 0.0397. The molecular weight excluding hydrogens is 326 g/mol. The molecule has 0 spiro atoms. The molecule has 1 unspecified atom stereocenters. The Balaban J connectivity index is 2.11. The molecule has 1 aromatic carbocycles. The first-order valence-electron chi connectivity index (χ1n) is 6.36. The van der Waals surface area contributed by atoms with Gasteiger partial charge in [-0.05, 0) is 30.5 Å². The average molecular weight is 342 g/mol. The van der Waals surface area contributed by atoms with Crippen LogP contribution in [0.25, 0.3) is 0 Å². The van der Waals surface area contributed by atoms with Gasteiger partial charge in [-0.3, -0.25) is 9.59 Å². The predicted octanol–water partition coefficient (Wildman–Crippen LogP) is 2.39. The second kappa shape index (κ2) is 6.26. The normalized spacial score (nSPS) is 18.1. The molecule has 0 saturated carbocycles. The van der Waals surface area contributed by atoms with Crippen LogP contribution in [0.15, 0.2) is 22.7 Å². The minimum atomic E-state index is -0.814. The molecule has 1 aliphatic rings. The number of carboxylic acids is 1. The molecule has 6 heteroatoms. The van der Waals surface area contributed by atoms with Crippen molar-refractivity contribution in [2.24, 2.45) is 5.92 Å². The number of hydrogen-bond acceptors (Lipinski definition) is 3. The number of carbonyl (C=O) groups excluding carboxylic acids is 1. The summed E-state index contributed by atoms with van der Waals surface area (Å²) in [6.07, 6.45) is 0.845. The summed E-state index contributed by atoms with van der Waals surface area (Å²) >= 11 is 3.34. The van der Waals surface area contributed by atoms with Gasteiger partial charge >= 0.3 is 5.97 Å². The molecule has 1 amide bonds. The van der Waals surface area contributed by atoms with Crippen LogP contribution in [-0.2, 0) is 4.79 Å². The Labute approximate surface area is 125 Å². The summed E-state index contributed by atoms with van der Waals surface area (Å²) in [7, 11) is 1.52. The Hall–Kier alpha value is -1.56. The molecule has 1 fully saturated rings. The number of carboxylic acid groups (broad SMARTS) is 1. The molecule has 0 aliphatic carbocycles. The SMILES string of the molecule is COc1cc(Br)ccc1C(=O)N1CCC(CC(=O)O)C1. The minimum Gasteiger partial charge on any atom is -0.496 e. The number of likely N-dealkylation sites (tertiary alicyclic amines) is 1. The fourth-order valence-electron chi connectivity index (χ4n) is 2.44. The monoisotopic (exact) mass is 341 g/mol. The first kappa shape index (κ1) is 14.8. The molecule has 0 radical (unpaired) electrons. The summed E-state index contributed by atoms with van der Waals surface area (Å²) in [6.45, 7) is 1.08. The lowest BCUT2D eigenvalue weighted by molar-refractivity contribution is -0.138. The molecule has 1 saturated heterocycles. The summed E-state index contributed by atoms with van der Waals surface area (Å²) in [5.41, 5.74) is 0.506. The average Bonchev–Trinajstić information content (AvgIpc) is 2.85. The van der Waals surface area contributed by atoms with Gasteiger partial charge < -0.3 is 14.7 Å². The van der Waals surface area contributed by atoms with Crippen molar-refractivity contribution in [2.75, 3.05) is 20.2 Å². The van der Waals surface area contributed by atoms with Gasteiger partial charge in [-0.25, -0.2) is 0 Å². The Kier molecular flexibility index (Phi) is 4.65. The van der Waals surface area contributed by atoms with E-state index in [0.29, 0.717) is 24.4 Å². The zero-order valence-corrected chi connectivity index (χ0v) is 12.7. The van der Waals surface area contributed by atoms with Crippen LogP contribution in [0.5, 0.6) is 5.75 Å². The maximum absolute atomic E-state index is 12.5. The van der Waals surface area contributed by atoms with E-state index in [9.17, 15) is 9.59 Å². The van der Waals surface area contributed by atoms with Gasteiger partial charge in [-0.15, -0.1) is 0 Å². The van der Waals surface area contributed by atoms with Crippen molar-refractivity contribution in [3.63, 3.8) is 0 Å². The van der Waals surface area contributed by atoms with E-state index in [-0.39, 0.29) is 18.2 Å². The number of halogens is 1. The third-order valence-corrected chi connectivity index (χ3v) is 3.92. The first-order chi connectivity index (χ1) is 9.51. The number of nitrogens with zero attached hydrogens (tertiary/aromatic N) is 1. The first-order valence-corrected chi connectivity index (χ1v) is 7.15. The molecule has 0 aromatic heterocycles. The van der Waals surface area contributed by atoms with Crippen molar-refractivity contribution in [2.45, 2.75) is 12.8 Å². The van der Waals surface area contributed by atoms with Crippen LogP contribution >= 0.6 is 15.9 Å². The number of hydrogen-bond donors (Lipinski definition) is 1. The molecule has 108 valence electrons. The smallest absolute Gasteiger partial charge is 0.303 e. The summed E-state index contributed by atoms with van der Waals surface area (Å²) < 4.78 is 6.07. The number of rotatable bonds is 4. The summed E-state index contributed by atoms with van der Waals surface area (Å²) in [4.78, 5) is 24.9. The highest BCUT2D eigenvalue weighted by Crippen LogP contribution is 2.27. The van der Waals surface area contributed by atoms with E-state index in [1.165, 1.54) is 7.11 Å². The van der Waals surface area contributed by atoms with Gasteiger partial charge in [0.15, 0.2) is 0 Å². The lowest BCUT2D eigenvalue weighted by Gasteiger charge is -2.18. The molecule has 0 bridgehead atoms. The lowest BCUT2D eigenvalue weighted by Crippen LogP contribution is -2.29. The van der Waals surface area contributed by atoms with Crippen LogP contribution in [0.2, 0.25) is 0 Å². The Morgan fingerprint density at radius 1 is 1.50 bits per heavy atom. The maximum Gasteiger partial charge on any atom is 0.303 e. The van der Waals surface area contributed by atoms with Crippen molar-refractivity contribution >= 4 is 27.8 Å². The number of aliphatic carboxylic acids is 1. The van der Waals surface area contributed by atoms with E-state index in [0.717, 1.165) is 10.9 Å². The van der Waals surface area contributed by atoms with Crippen LogP contribution in [0, 0.1) is 5.92 Å². The molecule has 1 aromatic rings. The topological polar surface area (TPSA) is 66.8 Å². The molecule has 1 atom stereocenters. The van der Waals surface area contributed by atoms with Crippen LogP contribution in [-0.4, -0.2) is 42.1 Å². The van der Waals surface area contributed by atoms with E-state index in [1.54, 1.807) is 23.1 Å². The molecule has 2 rings (SSSR count). The number of carbonyl (C=O) groups is 2. The second-order valence-electron chi connectivity index (χ2n) is 4.85. The van der Waals surface area contributed by atoms with E-state index < -0.39 is 5.97 Å². The molecule has 5 nitrogen and oxygen atoms in total. The van der Waals surface area contributed by atoms with Gasteiger partial charge in [0.05, 0.1) is 12.7 Å². The quantitative estimate of drug-likeness (QED) is 0.912. The van der Waals surface area contributed by atoms with Crippen LogP contribution in [0.1, 0.15) is 23.2 Å². The molecule has 20 heavy (non-hydrogen) atoms. The fraction of sp³-hybridized carbons (Fsp3) is 0.429. The largest absolute Gasteiger partial charge is 0.496 e. The van der Waals surface area contributed by atoms with E-state index in [1.807, 2.05) is 0 Å². The van der Waals surface area contributed by atoms with Crippen molar-refractivity contribution < 1.29 is 19.4 Å². The van der Waals surface area contributed by atoms with Gasteiger partial charge in [-0.2, -0.15) is 0 Å². The highest BCUT2D eigenvalue weighted by Gasteiger charge is 2.29. The van der Waals surface area contributed by atoms with Crippen LogP contribution in [0.4, 0.5) is 0 Å². The van der Waals surface area contributed by atoms with Crippen LogP contribution in [0.3, 0.4) is 0 Å². The van der Waals surface area contributed by atoms with Gasteiger partial charge in [0.25, 0.3) is 5.91 Å². The Morgan fingerprint density at radius 2 is 2.25 bits per heavy atom. The summed E-state index contributed by atoms with van der Waals surface area (Å²) in [6, 6.07) is 5.26. The second-order valence-corrected chi connectivity index (χ2v) is 5.76. The van der Waals surface area contributed by atoms with Gasteiger partial charge in [0.2, 0.25) is 0 Å². The van der Waals surface area contributed by atoms with E-state index in [4.69, 9.17) is 9.84 Å². The number of methoxy groups -OCH3 is 1. The van der Waals surface area contributed by atoms with Crippen LogP contribution < -0.4 is 4.74 Å². The molecular formula is C14H16BrNO4. The zero-order valence-electron chi connectivity index (χ0n) is 11.1. The Bertz CT molecular complexity index is 532. The molecule has 1 aliphatic heterocycles. The molecule has 1 N–H and O–H groups in total. The van der Waals surface area contributed by atoms with E-state index in [2.05, 4.69) is 15.9 Å². The maximum atomic E-state index is 12.5. The third kappa shape index (κ3) is 3.30. The van der Waals surface area contributed by atoms with Gasteiger partial charge in [-0.1, -0.05) is 15.9 Å². The summed E-state index contributed by atoms with van der Waals surface area (Å²) in [5.74, 6) is -0.364. The Morgan fingerprint density at radius 3 is 2.90 bits per heavy atom. The standard InChI is InChI=1S/C14H16BrNO4/c1-20-12-7-10(15)2-3-11(12)14(19)16-5-4-9(8-16)6-13(17)18/h2-3,7,9H,4-6,8H2,1H3,(H,17,18). The van der Waals surface area contributed by atoms with Crippen molar-refractivity contribution in [3.05, 3.63) is 28.2 Å². The predicted molar refractivity (Wildman–Crippen MR) is 77.0 cm³/mol. The number of amides is 1. The number of ether oxygens (including phenoxy) is 1. The fourth-order valence-corrected chi connectivity index (χ4v) is 2.78. The van der Waals surface area contributed by atoms with Crippen molar-refractivity contribution in [3.8, 4) is 5.75 Å². The summed E-state index contributed by atoms with van der Waals surface area (Å²) in [5, 5.41) is 8.80. The number of benzene rings is 1. The van der Waals surface area contributed by atoms with E-state index >= 15 is 0 Å². The van der Waals surface area contributed by atoms with Gasteiger partial charge in [0.1, 0.15) is 5.75 Å². The van der Waals surface area contributed by atoms with Gasteiger partial charge in [0, 0.05) is 24.0 Å². The van der Waals surface area contributed by atoms with Crippen molar-refractivity contribution in [1.29, 1.82) is 0 Å².